The lowest BCUT2D eigenvalue weighted by Crippen LogP contribution is -2.39. The normalized spacial score (nSPS) is 16.2. The van der Waals surface area contributed by atoms with E-state index in [1.165, 1.54) is 22.0 Å². The van der Waals surface area contributed by atoms with Crippen LogP contribution in [0.5, 0.6) is 17.2 Å². The third-order valence-corrected chi connectivity index (χ3v) is 12.3. The minimum atomic E-state index is -1.75. The summed E-state index contributed by atoms with van der Waals surface area (Å²) in [4.78, 5) is 2.42. The average Bonchev–Trinajstić information content (AvgIpc) is 3.04. The summed E-state index contributed by atoms with van der Waals surface area (Å²) < 4.78 is 16.8. The van der Waals surface area contributed by atoms with Crippen LogP contribution < -0.4 is 19.1 Å². The van der Waals surface area contributed by atoms with Gasteiger partial charge in [0.2, 0.25) is 6.79 Å². The molecular weight excluding hydrogens is 378 g/mol. The first-order chi connectivity index (χ1) is 13.7. The second-order valence-corrected chi connectivity index (χ2v) is 14.7. The van der Waals surface area contributed by atoms with Gasteiger partial charge in [-0.1, -0.05) is 45.1 Å². The summed E-state index contributed by atoms with van der Waals surface area (Å²) >= 11 is 0. The maximum Gasteiger partial charge on any atom is 0.231 e. The second-order valence-electron chi connectivity index (χ2n) is 9.43. The van der Waals surface area contributed by atoms with Crippen molar-refractivity contribution < 1.29 is 14.2 Å². The smallest absolute Gasteiger partial charge is 0.231 e. The molecule has 2 aromatic rings. The van der Waals surface area contributed by atoms with E-state index >= 15 is 0 Å². The summed E-state index contributed by atoms with van der Waals surface area (Å²) in [6, 6.07) is 12.7. The summed E-state index contributed by atoms with van der Waals surface area (Å²) in [5.74, 6) is 2.60. The zero-order valence-electron chi connectivity index (χ0n) is 18.3. The van der Waals surface area contributed by atoms with Gasteiger partial charge in [0.1, 0.15) is 5.75 Å². The molecule has 0 radical (unpaired) electrons. The lowest BCUT2D eigenvalue weighted by molar-refractivity contribution is 0.174. The fraction of sp³-hybridized carbons (Fsp3) is 0.417. The highest BCUT2D eigenvalue weighted by Gasteiger charge is 2.41. The van der Waals surface area contributed by atoms with Crippen LogP contribution in [0, 0.1) is 0 Å². The number of hydrogen-bond acceptors (Lipinski definition) is 4. The first-order valence-electron chi connectivity index (χ1n) is 10.2. The van der Waals surface area contributed by atoms with Gasteiger partial charge in [-0.15, -0.1) is 0 Å². The Balaban J connectivity index is 1.82. The van der Waals surface area contributed by atoms with Gasteiger partial charge in [0.15, 0.2) is 11.5 Å². The maximum atomic E-state index is 5.73. The van der Waals surface area contributed by atoms with Gasteiger partial charge in [-0.25, -0.2) is 0 Å². The maximum absolute atomic E-state index is 5.73. The number of methoxy groups -OCH3 is 1. The molecule has 0 bridgehead atoms. The molecule has 29 heavy (non-hydrogen) atoms. The minimum Gasteiger partial charge on any atom is -0.497 e. The highest BCUT2D eigenvalue weighted by Crippen LogP contribution is 2.48. The van der Waals surface area contributed by atoms with Gasteiger partial charge in [-0.05, 0) is 52.6 Å². The van der Waals surface area contributed by atoms with E-state index in [4.69, 9.17) is 14.2 Å². The van der Waals surface area contributed by atoms with E-state index in [0.29, 0.717) is 6.79 Å². The Morgan fingerprint density at radius 3 is 2.28 bits per heavy atom. The van der Waals surface area contributed by atoms with Crippen molar-refractivity contribution in [3.8, 4) is 17.2 Å². The molecule has 0 spiro atoms. The zero-order valence-corrected chi connectivity index (χ0v) is 19.3. The first-order valence-corrected chi connectivity index (χ1v) is 13.2. The van der Waals surface area contributed by atoms with Gasteiger partial charge in [0.25, 0.3) is 0 Å². The molecular formula is C24H31NO3Si. The Hall–Kier alpha value is -2.40. The molecule has 2 aromatic carbocycles. The number of ether oxygens (including phenoxy) is 3. The molecule has 0 fully saturated rings. The standard InChI is InChI=1S/C24H31NO3Si/c1-24(2,3)29(5,6)23-11-12-25(18-7-9-19(26-4)10-8-18)15-17-13-21-22(14-20(17)23)28-16-27-21/h7-11,13-14H,12,15-16H2,1-6H3. The lowest BCUT2D eigenvalue weighted by atomic mass is 10.1. The third-order valence-electron chi connectivity index (χ3n) is 6.75. The summed E-state index contributed by atoms with van der Waals surface area (Å²) in [6.07, 6.45) is 2.45. The van der Waals surface area contributed by atoms with Crippen molar-refractivity contribution in [2.75, 3.05) is 25.3 Å². The van der Waals surface area contributed by atoms with E-state index in [2.05, 4.69) is 69.1 Å². The summed E-state index contributed by atoms with van der Waals surface area (Å²) in [5, 5.41) is 1.76. The molecule has 0 saturated heterocycles. The van der Waals surface area contributed by atoms with Crippen molar-refractivity contribution in [3.63, 3.8) is 0 Å². The molecule has 0 unspecified atom stereocenters. The van der Waals surface area contributed by atoms with E-state index < -0.39 is 8.07 Å². The average molecular weight is 410 g/mol. The van der Waals surface area contributed by atoms with E-state index in [9.17, 15) is 0 Å². The van der Waals surface area contributed by atoms with Gasteiger partial charge >= 0.3 is 0 Å². The Morgan fingerprint density at radius 2 is 1.66 bits per heavy atom. The Morgan fingerprint density at radius 1 is 1.00 bits per heavy atom. The van der Waals surface area contributed by atoms with Crippen molar-refractivity contribution in [3.05, 3.63) is 53.6 Å². The topological polar surface area (TPSA) is 30.9 Å². The molecule has 2 aliphatic heterocycles. The fourth-order valence-electron chi connectivity index (χ4n) is 3.93. The molecule has 0 atom stereocenters. The largest absolute Gasteiger partial charge is 0.497 e. The molecule has 0 aliphatic carbocycles. The molecule has 0 amide bonds. The zero-order chi connectivity index (χ0) is 20.8. The Kier molecular flexibility index (Phi) is 4.89. The molecule has 154 valence electrons. The van der Waals surface area contributed by atoms with Crippen molar-refractivity contribution in [2.24, 2.45) is 0 Å². The van der Waals surface area contributed by atoms with Crippen LogP contribution in [0.25, 0.3) is 5.20 Å². The predicted octanol–water partition coefficient (Wildman–Crippen LogP) is 5.88. The quantitative estimate of drug-likeness (QED) is 0.593. The van der Waals surface area contributed by atoms with Crippen LogP contribution >= 0.6 is 0 Å². The SMILES string of the molecule is COc1ccc(N2CC=C([Si](C)(C)C(C)(C)C)c3cc4c(cc3C2)OCO4)cc1. The highest BCUT2D eigenvalue weighted by atomic mass is 28.3. The summed E-state index contributed by atoms with van der Waals surface area (Å²) in [5.41, 5.74) is 3.83. The number of nitrogens with zero attached hydrogens (tertiary/aromatic N) is 1. The van der Waals surface area contributed by atoms with Crippen molar-refractivity contribution in [1.29, 1.82) is 0 Å². The third kappa shape index (κ3) is 3.52. The number of hydrogen-bond donors (Lipinski definition) is 0. The van der Waals surface area contributed by atoms with Crippen LogP contribution in [0.2, 0.25) is 18.1 Å². The predicted molar refractivity (Wildman–Crippen MR) is 122 cm³/mol. The molecule has 5 heteroatoms. The van der Waals surface area contributed by atoms with E-state index in [0.717, 1.165) is 30.3 Å². The van der Waals surface area contributed by atoms with E-state index in [1.54, 1.807) is 7.11 Å². The van der Waals surface area contributed by atoms with Crippen LogP contribution in [-0.2, 0) is 6.54 Å². The van der Waals surface area contributed by atoms with Gasteiger partial charge in [0.05, 0.1) is 15.2 Å². The lowest BCUT2D eigenvalue weighted by Gasteiger charge is -2.39. The Labute approximate surface area is 175 Å². The van der Waals surface area contributed by atoms with Crippen LogP contribution in [0.4, 0.5) is 5.69 Å². The second kappa shape index (κ2) is 7.13. The summed E-state index contributed by atoms with van der Waals surface area (Å²) in [6.45, 7) is 14.1. The van der Waals surface area contributed by atoms with Crippen molar-refractivity contribution >= 4 is 19.0 Å². The molecule has 2 heterocycles. The minimum absolute atomic E-state index is 0.252. The molecule has 4 rings (SSSR count). The van der Waals surface area contributed by atoms with Crippen LogP contribution in [-0.4, -0.2) is 28.5 Å². The van der Waals surface area contributed by atoms with Crippen LogP contribution in [0.15, 0.2) is 42.5 Å². The van der Waals surface area contributed by atoms with Crippen LogP contribution in [0.3, 0.4) is 0 Å². The van der Waals surface area contributed by atoms with Gasteiger partial charge in [-0.2, -0.15) is 0 Å². The van der Waals surface area contributed by atoms with E-state index in [-0.39, 0.29) is 5.04 Å². The number of fused-ring (bicyclic) bond motifs is 2. The van der Waals surface area contributed by atoms with Crippen molar-refractivity contribution in [1.82, 2.24) is 0 Å². The number of rotatable bonds is 3. The highest BCUT2D eigenvalue weighted by molar-refractivity contribution is 6.96. The number of benzene rings is 2. The molecule has 4 nitrogen and oxygen atoms in total. The summed E-state index contributed by atoms with van der Waals surface area (Å²) in [7, 11) is -0.0450. The Bertz CT molecular complexity index is 942. The monoisotopic (exact) mass is 409 g/mol. The van der Waals surface area contributed by atoms with E-state index in [1.807, 2.05) is 12.1 Å². The van der Waals surface area contributed by atoms with Gasteiger partial charge < -0.3 is 19.1 Å². The van der Waals surface area contributed by atoms with Crippen LogP contribution in [0.1, 0.15) is 31.9 Å². The molecule has 0 N–H and O–H groups in total. The fourth-order valence-corrected chi connectivity index (χ4v) is 6.25. The van der Waals surface area contributed by atoms with Gasteiger partial charge in [0, 0.05) is 18.8 Å². The van der Waals surface area contributed by atoms with Crippen molar-refractivity contribution in [2.45, 2.75) is 45.4 Å². The number of anilines is 1. The molecule has 0 saturated carbocycles. The molecule has 0 aromatic heterocycles. The van der Waals surface area contributed by atoms with Gasteiger partial charge in [-0.3, -0.25) is 0 Å². The molecule has 2 aliphatic rings. The first kappa shape index (κ1) is 19.9.